The summed E-state index contributed by atoms with van der Waals surface area (Å²) in [6.07, 6.45) is 1.90. The van der Waals surface area contributed by atoms with Gasteiger partial charge in [0.1, 0.15) is 0 Å². The van der Waals surface area contributed by atoms with E-state index in [0.29, 0.717) is 6.54 Å². The van der Waals surface area contributed by atoms with Crippen LogP contribution in [-0.2, 0) is 6.54 Å². The van der Waals surface area contributed by atoms with Crippen LogP contribution in [0.4, 0.5) is 0 Å². The molecule has 3 nitrogen and oxygen atoms in total. The van der Waals surface area contributed by atoms with Crippen LogP contribution in [0.5, 0.6) is 0 Å². The summed E-state index contributed by atoms with van der Waals surface area (Å²) in [6.45, 7) is 5.84. The number of nitrogens with zero attached hydrogens (tertiary/aromatic N) is 2. The Labute approximate surface area is 89.9 Å². The second-order valence-electron chi connectivity index (χ2n) is 4.73. The van der Waals surface area contributed by atoms with Gasteiger partial charge >= 0.3 is 0 Å². The molecule has 3 heteroatoms. The Balaban J connectivity index is 2.37. The van der Waals surface area contributed by atoms with Crippen LogP contribution in [-0.4, -0.2) is 16.3 Å². The van der Waals surface area contributed by atoms with E-state index in [1.807, 2.05) is 23.0 Å². The number of rotatable bonds is 3. The van der Waals surface area contributed by atoms with Gasteiger partial charge in [-0.3, -0.25) is 4.68 Å². The quantitative estimate of drug-likeness (QED) is 0.829. The fourth-order valence-corrected chi connectivity index (χ4v) is 1.62. The Morgan fingerprint density at radius 2 is 2.07 bits per heavy atom. The van der Waals surface area contributed by atoms with Gasteiger partial charge in [-0.15, -0.1) is 0 Å². The minimum atomic E-state index is 0.0921. The molecule has 2 N–H and O–H groups in total. The lowest BCUT2D eigenvalue weighted by molar-refractivity contribution is 0.307. The second-order valence-corrected chi connectivity index (χ2v) is 4.73. The summed E-state index contributed by atoms with van der Waals surface area (Å²) in [5.74, 6) is 0. The summed E-state index contributed by atoms with van der Waals surface area (Å²) in [7, 11) is 0. The number of hydrogen-bond acceptors (Lipinski definition) is 2. The molecule has 0 spiro atoms. The minimum absolute atomic E-state index is 0.0921. The maximum atomic E-state index is 5.73. The SMILES string of the molecule is CC(C)(CN)Cn1ncc2ccccc21. The number of aromatic nitrogens is 2. The highest BCUT2D eigenvalue weighted by molar-refractivity contribution is 5.78. The number of fused-ring (bicyclic) bond motifs is 1. The molecule has 0 aliphatic carbocycles. The average molecular weight is 203 g/mol. The molecule has 0 saturated heterocycles. The van der Waals surface area contributed by atoms with E-state index in [1.165, 1.54) is 10.9 Å². The Kier molecular flexibility index (Phi) is 2.49. The molecule has 0 atom stereocenters. The highest BCUT2D eigenvalue weighted by atomic mass is 15.3. The van der Waals surface area contributed by atoms with E-state index in [4.69, 9.17) is 5.73 Å². The molecule has 0 saturated carbocycles. The summed E-state index contributed by atoms with van der Waals surface area (Å²) in [6, 6.07) is 8.24. The fraction of sp³-hybridized carbons (Fsp3) is 0.417. The summed E-state index contributed by atoms with van der Waals surface area (Å²) >= 11 is 0. The van der Waals surface area contributed by atoms with Crippen molar-refractivity contribution in [2.24, 2.45) is 11.1 Å². The molecular formula is C12H17N3. The monoisotopic (exact) mass is 203 g/mol. The maximum Gasteiger partial charge on any atom is 0.0682 e. The molecule has 1 aromatic heterocycles. The van der Waals surface area contributed by atoms with Crippen LogP contribution in [0.2, 0.25) is 0 Å². The summed E-state index contributed by atoms with van der Waals surface area (Å²) < 4.78 is 2.03. The molecule has 0 aliphatic rings. The van der Waals surface area contributed by atoms with Crippen molar-refractivity contribution in [2.75, 3.05) is 6.54 Å². The zero-order valence-electron chi connectivity index (χ0n) is 9.27. The van der Waals surface area contributed by atoms with Crippen LogP contribution < -0.4 is 5.73 Å². The molecule has 0 bridgehead atoms. The van der Waals surface area contributed by atoms with E-state index in [1.54, 1.807) is 0 Å². The first-order valence-corrected chi connectivity index (χ1v) is 5.23. The van der Waals surface area contributed by atoms with Gasteiger partial charge in [-0.1, -0.05) is 32.0 Å². The van der Waals surface area contributed by atoms with Crippen molar-refractivity contribution in [1.82, 2.24) is 9.78 Å². The molecule has 1 heterocycles. The van der Waals surface area contributed by atoms with Crippen LogP contribution in [0.1, 0.15) is 13.8 Å². The smallest absolute Gasteiger partial charge is 0.0682 e. The van der Waals surface area contributed by atoms with Crippen molar-refractivity contribution >= 4 is 10.9 Å². The van der Waals surface area contributed by atoms with Gasteiger partial charge in [0.25, 0.3) is 0 Å². The summed E-state index contributed by atoms with van der Waals surface area (Å²) in [5, 5.41) is 5.58. The van der Waals surface area contributed by atoms with Crippen LogP contribution in [0.25, 0.3) is 10.9 Å². The lowest BCUT2D eigenvalue weighted by atomic mass is 9.94. The minimum Gasteiger partial charge on any atom is -0.330 e. The van der Waals surface area contributed by atoms with Gasteiger partial charge in [-0.25, -0.2) is 0 Å². The van der Waals surface area contributed by atoms with Crippen molar-refractivity contribution in [2.45, 2.75) is 20.4 Å². The molecule has 1 aromatic carbocycles. The second kappa shape index (κ2) is 3.66. The molecule has 0 radical (unpaired) electrons. The third-order valence-corrected chi connectivity index (χ3v) is 2.68. The van der Waals surface area contributed by atoms with Gasteiger partial charge in [0.15, 0.2) is 0 Å². The van der Waals surface area contributed by atoms with Crippen molar-refractivity contribution < 1.29 is 0 Å². The van der Waals surface area contributed by atoms with E-state index >= 15 is 0 Å². The summed E-state index contributed by atoms with van der Waals surface area (Å²) in [4.78, 5) is 0. The van der Waals surface area contributed by atoms with Crippen LogP contribution in [0.3, 0.4) is 0 Å². The molecule has 0 unspecified atom stereocenters. The van der Waals surface area contributed by atoms with Crippen LogP contribution in [0.15, 0.2) is 30.5 Å². The molecular weight excluding hydrogens is 186 g/mol. The number of nitrogens with two attached hydrogens (primary N) is 1. The predicted molar refractivity (Wildman–Crippen MR) is 62.6 cm³/mol. The number of benzene rings is 1. The Morgan fingerprint density at radius 1 is 1.33 bits per heavy atom. The first-order valence-electron chi connectivity index (χ1n) is 5.23. The Hall–Kier alpha value is -1.35. The largest absolute Gasteiger partial charge is 0.330 e. The van der Waals surface area contributed by atoms with Gasteiger partial charge < -0.3 is 5.73 Å². The lowest BCUT2D eigenvalue weighted by Crippen LogP contribution is -2.29. The Bertz CT molecular complexity index is 457. The van der Waals surface area contributed by atoms with E-state index in [-0.39, 0.29) is 5.41 Å². The maximum absolute atomic E-state index is 5.73. The molecule has 0 amide bonds. The lowest BCUT2D eigenvalue weighted by Gasteiger charge is -2.22. The molecule has 2 aromatic rings. The van der Waals surface area contributed by atoms with Gasteiger partial charge in [0.2, 0.25) is 0 Å². The number of para-hydroxylation sites is 1. The van der Waals surface area contributed by atoms with Gasteiger partial charge in [-0.2, -0.15) is 5.10 Å². The first kappa shape index (κ1) is 10.2. The van der Waals surface area contributed by atoms with Crippen molar-refractivity contribution in [1.29, 1.82) is 0 Å². The highest BCUT2D eigenvalue weighted by Gasteiger charge is 2.17. The normalized spacial score (nSPS) is 12.2. The topological polar surface area (TPSA) is 43.8 Å². The predicted octanol–water partition coefficient (Wildman–Crippen LogP) is 2.02. The Morgan fingerprint density at radius 3 is 2.80 bits per heavy atom. The van der Waals surface area contributed by atoms with Crippen molar-refractivity contribution in [3.8, 4) is 0 Å². The standard InChI is InChI=1S/C12H17N3/c1-12(2,8-13)9-15-11-6-4-3-5-10(11)7-14-15/h3-7H,8-9,13H2,1-2H3. The van der Waals surface area contributed by atoms with Gasteiger partial charge in [-0.05, 0) is 18.0 Å². The fourth-order valence-electron chi connectivity index (χ4n) is 1.62. The molecule has 80 valence electrons. The first-order chi connectivity index (χ1) is 7.12. The van der Waals surface area contributed by atoms with Crippen molar-refractivity contribution in [3.63, 3.8) is 0 Å². The van der Waals surface area contributed by atoms with E-state index in [0.717, 1.165) is 6.54 Å². The van der Waals surface area contributed by atoms with E-state index in [2.05, 4.69) is 31.1 Å². The highest BCUT2D eigenvalue weighted by Crippen LogP contribution is 2.19. The van der Waals surface area contributed by atoms with Crippen LogP contribution in [0, 0.1) is 5.41 Å². The molecule has 0 fully saturated rings. The average Bonchev–Trinajstić information content (AvgIpc) is 2.62. The molecule has 2 rings (SSSR count). The molecule has 0 aliphatic heterocycles. The van der Waals surface area contributed by atoms with Gasteiger partial charge in [0.05, 0.1) is 11.7 Å². The number of hydrogen-bond donors (Lipinski definition) is 1. The van der Waals surface area contributed by atoms with Gasteiger partial charge in [0, 0.05) is 11.9 Å². The third kappa shape index (κ3) is 2.02. The van der Waals surface area contributed by atoms with E-state index in [9.17, 15) is 0 Å². The van der Waals surface area contributed by atoms with Crippen molar-refractivity contribution in [3.05, 3.63) is 30.5 Å². The van der Waals surface area contributed by atoms with Crippen LogP contribution >= 0.6 is 0 Å². The third-order valence-electron chi connectivity index (χ3n) is 2.68. The summed E-state index contributed by atoms with van der Waals surface area (Å²) in [5.41, 5.74) is 7.00. The zero-order chi connectivity index (χ0) is 10.9. The molecule has 15 heavy (non-hydrogen) atoms. The zero-order valence-corrected chi connectivity index (χ0v) is 9.27. The van der Waals surface area contributed by atoms with E-state index < -0.39 is 0 Å².